The summed E-state index contributed by atoms with van der Waals surface area (Å²) in [6, 6.07) is 5.70. The van der Waals surface area contributed by atoms with Crippen LogP contribution in [0.3, 0.4) is 0 Å². The number of aromatic nitrogens is 2. The lowest BCUT2D eigenvalue weighted by molar-refractivity contribution is -0.392. The number of ether oxygens (including phenoxy) is 1. The topological polar surface area (TPSA) is 81.0 Å². The minimum absolute atomic E-state index is 0.0555. The standard InChI is InChI=1S/C12H12BrN3O3S/c1-7-14-11(16(17)18)12(15-7)20-6-8-3-4-10(19-2)9(13)5-8/h3-5H,6H2,1-2H3,(H,14,15). The zero-order valence-electron chi connectivity index (χ0n) is 10.8. The van der Waals surface area contributed by atoms with Gasteiger partial charge in [0.25, 0.3) is 0 Å². The second-order valence-electron chi connectivity index (χ2n) is 3.99. The van der Waals surface area contributed by atoms with Crippen LogP contribution in [-0.4, -0.2) is 22.0 Å². The van der Waals surface area contributed by atoms with Crippen LogP contribution in [0.4, 0.5) is 5.82 Å². The predicted octanol–water partition coefficient (Wildman–Crippen LogP) is 3.69. The van der Waals surface area contributed by atoms with E-state index in [1.165, 1.54) is 11.8 Å². The van der Waals surface area contributed by atoms with Gasteiger partial charge >= 0.3 is 5.82 Å². The van der Waals surface area contributed by atoms with Crippen LogP contribution in [0.15, 0.2) is 27.7 Å². The molecule has 20 heavy (non-hydrogen) atoms. The molecule has 8 heteroatoms. The van der Waals surface area contributed by atoms with Gasteiger partial charge < -0.3 is 14.9 Å². The summed E-state index contributed by atoms with van der Waals surface area (Å²) in [4.78, 5) is 17.2. The molecule has 1 N–H and O–H groups in total. The molecule has 0 atom stereocenters. The van der Waals surface area contributed by atoms with E-state index in [0.717, 1.165) is 15.8 Å². The van der Waals surface area contributed by atoms with Gasteiger partial charge in [-0.25, -0.2) is 4.98 Å². The van der Waals surface area contributed by atoms with Gasteiger partial charge in [0.2, 0.25) is 0 Å². The zero-order valence-corrected chi connectivity index (χ0v) is 13.2. The molecule has 0 aliphatic carbocycles. The van der Waals surface area contributed by atoms with Crippen molar-refractivity contribution < 1.29 is 9.66 Å². The Morgan fingerprint density at radius 3 is 2.90 bits per heavy atom. The molecule has 1 aromatic carbocycles. The zero-order chi connectivity index (χ0) is 14.7. The highest BCUT2D eigenvalue weighted by atomic mass is 79.9. The quantitative estimate of drug-likeness (QED) is 0.501. The number of aryl methyl sites for hydroxylation is 1. The minimum atomic E-state index is -0.452. The van der Waals surface area contributed by atoms with Gasteiger partial charge in [-0.1, -0.05) is 17.8 Å². The fraction of sp³-hybridized carbons (Fsp3) is 0.250. The molecule has 0 saturated carbocycles. The lowest BCUT2D eigenvalue weighted by Gasteiger charge is -2.05. The Morgan fingerprint density at radius 1 is 1.55 bits per heavy atom. The Morgan fingerprint density at radius 2 is 2.30 bits per heavy atom. The van der Waals surface area contributed by atoms with Crippen molar-refractivity contribution in [2.24, 2.45) is 0 Å². The molecule has 0 radical (unpaired) electrons. The van der Waals surface area contributed by atoms with Crippen LogP contribution >= 0.6 is 27.7 Å². The summed E-state index contributed by atoms with van der Waals surface area (Å²) in [6.45, 7) is 1.70. The van der Waals surface area contributed by atoms with Crippen LogP contribution in [0.1, 0.15) is 11.4 Å². The summed E-state index contributed by atoms with van der Waals surface area (Å²) < 4.78 is 6.01. The van der Waals surface area contributed by atoms with Crippen LogP contribution in [0, 0.1) is 17.0 Å². The molecule has 106 valence electrons. The maximum atomic E-state index is 10.9. The van der Waals surface area contributed by atoms with Crippen molar-refractivity contribution in [3.05, 3.63) is 44.2 Å². The van der Waals surface area contributed by atoms with Crippen molar-refractivity contribution in [2.75, 3.05) is 7.11 Å². The van der Waals surface area contributed by atoms with Gasteiger partial charge in [0, 0.05) is 12.7 Å². The van der Waals surface area contributed by atoms with E-state index in [4.69, 9.17) is 4.74 Å². The van der Waals surface area contributed by atoms with Gasteiger partial charge in [-0.2, -0.15) is 4.98 Å². The van der Waals surface area contributed by atoms with E-state index in [2.05, 4.69) is 25.9 Å². The number of thioether (sulfide) groups is 1. The van der Waals surface area contributed by atoms with E-state index in [1.54, 1.807) is 14.0 Å². The smallest absolute Gasteiger partial charge is 0.354 e. The first kappa shape index (κ1) is 14.9. The molecule has 1 aromatic heterocycles. The number of aromatic amines is 1. The lowest BCUT2D eigenvalue weighted by atomic mass is 10.2. The first-order valence-corrected chi connectivity index (χ1v) is 7.45. The Balaban J connectivity index is 2.13. The van der Waals surface area contributed by atoms with Crippen molar-refractivity contribution >= 4 is 33.5 Å². The number of hydrogen-bond donors (Lipinski definition) is 1. The molecule has 6 nitrogen and oxygen atoms in total. The first-order chi connectivity index (χ1) is 9.51. The number of benzene rings is 1. The summed E-state index contributed by atoms with van der Waals surface area (Å²) >= 11 is 4.74. The molecule has 2 rings (SSSR count). The van der Waals surface area contributed by atoms with Gasteiger partial charge in [0.05, 0.1) is 11.6 Å². The van der Waals surface area contributed by atoms with Crippen LogP contribution in [-0.2, 0) is 5.75 Å². The largest absolute Gasteiger partial charge is 0.496 e. The monoisotopic (exact) mass is 357 g/mol. The van der Waals surface area contributed by atoms with Crippen LogP contribution in [0.25, 0.3) is 0 Å². The second kappa shape index (κ2) is 6.27. The summed E-state index contributed by atoms with van der Waals surface area (Å²) in [7, 11) is 1.60. The highest BCUT2D eigenvalue weighted by Crippen LogP contribution is 2.32. The number of hydrogen-bond acceptors (Lipinski definition) is 5. The predicted molar refractivity (Wildman–Crippen MR) is 80.2 cm³/mol. The molecular weight excluding hydrogens is 346 g/mol. The molecule has 0 unspecified atom stereocenters. The summed E-state index contributed by atoms with van der Waals surface area (Å²) in [5.41, 5.74) is 1.03. The van der Waals surface area contributed by atoms with E-state index in [9.17, 15) is 10.1 Å². The van der Waals surface area contributed by atoms with E-state index in [-0.39, 0.29) is 5.82 Å². The molecule has 0 amide bonds. The summed E-state index contributed by atoms with van der Waals surface area (Å²) in [5, 5.41) is 11.3. The molecule has 0 aliphatic heterocycles. The van der Waals surface area contributed by atoms with Crippen molar-refractivity contribution in [2.45, 2.75) is 17.7 Å². The Hall–Kier alpha value is -1.54. The molecule has 0 saturated heterocycles. The molecule has 2 aromatic rings. The van der Waals surface area contributed by atoms with Crippen LogP contribution in [0.2, 0.25) is 0 Å². The number of H-pyrrole nitrogens is 1. The Bertz CT molecular complexity index is 645. The average molecular weight is 358 g/mol. The van der Waals surface area contributed by atoms with Crippen molar-refractivity contribution in [1.82, 2.24) is 9.97 Å². The molecular formula is C12H12BrN3O3S. The lowest BCUT2D eigenvalue weighted by Crippen LogP contribution is -1.91. The number of nitrogens with zero attached hydrogens (tertiary/aromatic N) is 2. The van der Waals surface area contributed by atoms with E-state index in [1.807, 2.05) is 18.2 Å². The molecule has 0 spiro atoms. The van der Waals surface area contributed by atoms with E-state index < -0.39 is 4.92 Å². The Kier molecular flexibility index (Phi) is 4.66. The van der Waals surface area contributed by atoms with Crippen molar-refractivity contribution in [3.8, 4) is 5.75 Å². The summed E-state index contributed by atoms with van der Waals surface area (Å²) in [5.74, 6) is 1.82. The maximum absolute atomic E-state index is 10.9. The molecule has 1 heterocycles. The number of methoxy groups -OCH3 is 1. The Labute approximate surface area is 128 Å². The van der Waals surface area contributed by atoms with Crippen molar-refractivity contribution in [1.29, 1.82) is 0 Å². The third-order valence-corrected chi connectivity index (χ3v) is 4.20. The number of imidazole rings is 1. The fourth-order valence-corrected chi connectivity index (χ4v) is 3.17. The number of halogens is 1. The van der Waals surface area contributed by atoms with Crippen molar-refractivity contribution in [3.63, 3.8) is 0 Å². The van der Waals surface area contributed by atoms with Gasteiger partial charge in [-0.05, 0) is 38.5 Å². The minimum Gasteiger partial charge on any atom is -0.496 e. The van der Waals surface area contributed by atoms with E-state index in [0.29, 0.717) is 16.6 Å². The van der Waals surface area contributed by atoms with Gasteiger partial charge in [-0.3, -0.25) is 0 Å². The first-order valence-electron chi connectivity index (χ1n) is 5.67. The SMILES string of the molecule is COc1ccc(CSc2nc(C)[nH]c2[N+](=O)[O-])cc1Br. The molecule has 0 bridgehead atoms. The fourth-order valence-electron chi connectivity index (χ4n) is 1.63. The van der Waals surface area contributed by atoms with Gasteiger partial charge in [0.15, 0.2) is 10.9 Å². The number of nitrogens with one attached hydrogen (secondary N) is 1. The van der Waals surface area contributed by atoms with Crippen LogP contribution in [0.5, 0.6) is 5.75 Å². The third-order valence-electron chi connectivity index (χ3n) is 2.55. The third kappa shape index (κ3) is 3.31. The summed E-state index contributed by atoms with van der Waals surface area (Å²) in [6.07, 6.45) is 0. The maximum Gasteiger partial charge on any atom is 0.354 e. The normalized spacial score (nSPS) is 10.6. The van der Waals surface area contributed by atoms with E-state index >= 15 is 0 Å². The highest BCUT2D eigenvalue weighted by Gasteiger charge is 2.18. The van der Waals surface area contributed by atoms with Gasteiger partial charge in [-0.15, -0.1) is 0 Å². The number of nitro groups is 1. The number of rotatable bonds is 5. The average Bonchev–Trinajstić information content (AvgIpc) is 2.78. The molecule has 0 fully saturated rings. The van der Waals surface area contributed by atoms with Gasteiger partial charge in [0.1, 0.15) is 5.75 Å². The second-order valence-corrected chi connectivity index (χ2v) is 5.81. The molecule has 0 aliphatic rings. The highest BCUT2D eigenvalue weighted by molar-refractivity contribution is 9.10. The van der Waals surface area contributed by atoms with Crippen LogP contribution < -0.4 is 4.74 Å².